The van der Waals surface area contributed by atoms with Gasteiger partial charge in [-0.1, -0.05) is 50.2 Å². The van der Waals surface area contributed by atoms with Crippen molar-refractivity contribution in [3.05, 3.63) is 86.6 Å². The number of carbonyl (C=O) groups is 2. The van der Waals surface area contributed by atoms with Gasteiger partial charge in [0.05, 0.1) is 16.6 Å². The van der Waals surface area contributed by atoms with Crippen LogP contribution in [0.25, 0.3) is 0 Å². The number of allylic oxidation sites excluding steroid dienone is 2. The summed E-state index contributed by atoms with van der Waals surface area (Å²) in [5, 5.41) is 11.4. The van der Waals surface area contributed by atoms with Crippen LogP contribution in [-0.4, -0.2) is 22.2 Å². The number of nitrogens with zero attached hydrogens (tertiary/aromatic N) is 2. The summed E-state index contributed by atoms with van der Waals surface area (Å²) in [7, 11) is 0. The molecule has 2 aliphatic carbocycles. The molecule has 0 amide bonds. The maximum absolute atomic E-state index is 13.4. The van der Waals surface area contributed by atoms with Gasteiger partial charge in [-0.05, 0) is 17.4 Å². The van der Waals surface area contributed by atoms with Gasteiger partial charge < -0.3 is 0 Å². The lowest BCUT2D eigenvalue weighted by Crippen LogP contribution is -2.37. The van der Waals surface area contributed by atoms with Gasteiger partial charge in [0.15, 0.2) is 11.6 Å². The first-order valence-electron chi connectivity index (χ1n) is 10.00. The maximum atomic E-state index is 13.4. The molecular weight excluding hydrogens is 380 g/mol. The average molecular weight is 400 g/mol. The summed E-state index contributed by atoms with van der Waals surface area (Å²) in [4.78, 5) is 42.4. The molecule has 0 N–H and O–H groups in total. The molecule has 30 heavy (non-hydrogen) atoms. The van der Waals surface area contributed by atoms with Crippen LogP contribution in [-0.2, 0) is 4.79 Å². The van der Waals surface area contributed by atoms with Gasteiger partial charge >= 0.3 is 0 Å². The quantitative estimate of drug-likeness (QED) is 0.543. The number of Topliss-reactive ketones (excluding diaryl/α,β-unsaturated/α-hetero) is 2. The second-order valence-corrected chi connectivity index (χ2v) is 9.02. The fourth-order valence-corrected chi connectivity index (χ4v) is 5.08. The Morgan fingerprint density at radius 3 is 2.47 bits per heavy atom. The van der Waals surface area contributed by atoms with Crippen LogP contribution in [0.5, 0.6) is 0 Å². The lowest BCUT2D eigenvalue weighted by Gasteiger charge is -2.38. The highest BCUT2D eigenvalue weighted by Gasteiger charge is 2.50. The van der Waals surface area contributed by atoms with Crippen molar-refractivity contribution in [3.63, 3.8) is 0 Å². The Bertz CT molecular complexity index is 1210. The molecule has 1 aliphatic heterocycles. The standard InChI is InChI=1S/C24H20N2O4/c1-24(2)11-17-20(18(27)12-24)19(13-6-5-7-14(10-13)26(29)30)21-22(25-17)15-8-3-4-9-16(15)23(21)28/h3-10,19,21H,11-12H2,1-2H3/t19-,21+/m0/s1. The number of fused-ring (bicyclic) bond motifs is 3. The average Bonchev–Trinajstić information content (AvgIpc) is 2.98. The summed E-state index contributed by atoms with van der Waals surface area (Å²) in [5.74, 6) is -1.29. The van der Waals surface area contributed by atoms with E-state index < -0.39 is 16.8 Å². The Balaban J connectivity index is 1.77. The maximum Gasteiger partial charge on any atom is 0.269 e. The van der Waals surface area contributed by atoms with Crippen molar-refractivity contribution in [3.8, 4) is 0 Å². The summed E-state index contributed by atoms with van der Waals surface area (Å²) in [6.07, 6.45) is 1.00. The van der Waals surface area contributed by atoms with E-state index in [1.54, 1.807) is 18.2 Å². The van der Waals surface area contributed by atoms with Crippen LogP contribution in [0.2, 0.25) is 0 Å². The van der Waals surface area contributed by atoms with E-state index in [1.807, 2.05) is 32.0 Å². The van der Waals surface area contributed by atoms with Crippen LogP contribution in [0.3, 0.4) is 0 Å². The van der Waals surface area contributed by atoms with Crippen molar-refractivity contribution >= 4 is 23.0 Å². The molecule has 6 nitrogen and oxygen atoms in total. The number of aliphatic imine (C=N–C) groups is 1. The molecule has 150 valence electrons. The molecule has 2 atom stereocenters. The molecule has 0 unspecified atom stereocenters. The van der Waals surface area contributed by atoms with E-state index in [-0.39, 0.29) is 22.7 Å². The van der Waals surface area contributed by atoms with Gasteiger partial charge in [-0.25, -0.2) is 0 Å². The Hall–Kier alpha value is -3.41. The molecule has 3 aliphatic rings. The minimum Gasteiger partial charge on any atom is -0.294 e. The monoisotopic (exact) mass is 400 g/mol. The van der Waals surface area contributed by atoms with Gasteiger partial charge in [-0.2, -0.15) is 0 Å². The molecule has 5 rings (SSSR count). The molecule has 0 bridgehead atoms. The number of rotatable bonds is 2. The van der Waals surface area contributed by atoms with Gasteiger partial charge in [0.2, 0.25) is 0 Å². The number of benzene rings is 2. The second kappa shape index (κ2) is 6.29. The fourth-order valence-electron chi connectivity index (χ4n) is 5.08. The highest BCUT2D eigenvalue weighted by Crippen LogP contribution is 2.51. The summed E-state index contributed by atoms with van der Waals surface area (Å²) >= 11 is 0. The number of hydrogen-bond donors (Lipinski definition) is 0. The summed E-state index contributed by atoms with van der Waals surface area (Å²) in [6, 6.07) is 13.7. The lowest BCUT2D eigenvalue weighted by atomic mass is 9.66. The van der Waals surface area contributed by atoms with E-state index in [1.165, 1.54) is 12.1 Å². The van der Waals surface area contributed by atoms with E-state index >= 15 is 0 Å². The summed E-state index contributed by atoms with van der Waals surface area (Å²) < 4.78 is 0. The number of hydrogen-bond acceptors (Lipinski definition) is 5. The molecule has 1 heterocycles. The number of non-ortho nitro benzene ring substituents is 1. The number of ketones is 2. The second-order valence-electron chi connectivity index (χ2n) is 9.02. The van der Waals surface area contributed by atoms with Crippen LogP contribution in [0.4, 0.5) is 5.69 Å². The minimum atomic E-state index is -0.631. The zero-order valence-electron chi connectivity index (χ0n) is 16.7. The van der Waals surface area contributed by atoms with Crippen molar-refractivity contribution in [2.75, 3.05) is 0 Å². The third-order valence-electron chi connectivity index (χ3n) is 6.28. The van der Waals surface area contributed by atoms with E-state index in [9.17, 15) is 19.7 Å². The predicted octanol–water partition coefficient (Wildman–Crippen LogP) is 4.64. The fraction of sp³-hybridized carbons (Fsp3) is 0.292. The van der Waals surface area contributed by atoms with Crippen molar-refractivity contribution < 1.29 is 14.5 Å². The third-order valence-corrected chi connectivity index (χ3v) is 6.28. The van der Waals surface area contributed by atoms with E-state index in [0.29, 0.717) is 41.0 Å². The van der Waals surface area contributed by atoms with Gasteiger partial charge in [0.25, 0.3) is 5.69 Å². The van der Waals surface area contributed by atoms with Crippen molar-refractivity contribution in [1.82, 2.24) is 0 Å². The zero-order chi connectivity index (χ0) is 21.2. The lowest BCUT2D eigenvalue weighted by molar-refractivity contribution is -0.384. The van der Waals surface area contributed by atoms with Gasteiger partial charge in [0, 0.05) is 46.9 Å². The van der Waals surface area contributed by atoms with E-state index in [0.717, 1.165) is 5.56 Å². The van der Waals surface area contributed by atoms with Crippen LogP contribution in [0.1, 0.15) is 54.1 Å². The Morgan fingerprint density at radius 2 is 1.73 bits per heavy atom. The van der Waals surface area contributed by atoms with Gasteiger partial charge in [0.1, 0.15) is 0 Å². The van der Waals surface area contributed by atoms with E-state index in [4.69, 9.17) is 4.99 Å². The van der Waals surface area contributed by atoms with Crippen molar-refractivity contribution in [2.24, 2.45) is 16.3 Å². The predicted molar refractivity (Wildman–Crippen MR) is 112 cm³/mol. The largest absolute Gasteiger partial charge is 0.294 e. The van der Waals surface area contributed by atoms with Crippen molar-refractivity contribution in [1.29, 1.82) is 0 Å². The highest BCUT2D eigenvalue weighted by molar-refractivity contribution is 6.30. The molecule has 2 aromatic rings. The number of carbonyl (C=O) groups excluding carboxylic acids is 2. The minimum absolute atomic E-state index is 0.0238. The Kier molecular flexibility index (Phi) is 3.90. The molecule has 0 fully saturated rings. The topological polar surface area (TPSA) is 89.6 Å². The molecule has 6 heteroatoms. The van der Waals surface area contributed by atoms with Crippen LogP contribution < -0.4 is 0 Å². The Labute approximate surface area is 173 Å². The molecule has 0 radical (unpaired) electrons. The van der Waals surface area contributed by atoms with Crippen LogP contribution in [0.15, 0.2) is 64.8 Å². The van der Waals surface area contributed by atoms with Crippen molar-refractivity contribution in [2.45, 2.75) is 32.6 Å². The molecule has 0 aromatic heterocycles. The van der Waals surface area contributed by atoms with Gasteiger partial charge in [-0.15, -0.1) is 0 Å². The molecule has 0 saturated carbocycles. The first-order chi connectivity index (χ1) is 14.3. The highest BCUT2D eigenvalue weighted by atomic mass is 16.6. The number of nitro benzene ring substituents is 1. The molecule has 0 saturated heterocycles. The first-order valence-corrected chi connectivity index (χ1v) is 10.00. The van der Waals surface area contributed by atoms with Crippen LogP contribution >= 0.6 is 0 Å². The van der Waals surface area contributed by atoms with E-state index in [2.05, 4.69) is 0 Å². The summed E-state index contributed by atoms with van der Waals surface area (Å²) in [5.41, 5.74) is 3.68. The Morgan fingerprint density at radius 1 is 1.00 bits per heavy atom. The third kappa shape index (κ3) is 2.67. The molecule has 0 spiro atoms. The molecular formula is C24H20N2O4. The molecule has 2 aromatic carbocycles. The summed E-state index contributed by atoms with van der Waals surface area (Å²) in [6.45, 7) is 4.08. The van der Waals surface area contributed by atoms with Gasteiger partial charge in [-0.3, -0.25) is 24.7 Å². The SMILES string of the molecule is CC1(C)CC(=O)C2=C(C1)N=C1c3ccccc3C(=O)[C@@H]1[C@H]2c1cccc([N+](=O)[O-])c1. The van der Waals surface area contributed by atoms with Crippen LogP contribution in [0, 0.1) is 21.4 Å². The zero-order valence-corrected chi connectivity index (χ0v) is 16.7. The number of nitro groups is 1. The first kappa shape index (κ1) is 18.6. The smallest absolute Gasteiger partial charge is 0.269 e. The normalized spacial score (nSPS) is 24.1.